The van der Waals surface area contributed by atoms with Crippen LogP contribution in [0.15, 0.2) is 35.7 Å². The Morgan fingerprint density at radius 2 is 1.69 bits per heavy atom. The molecule has 3 amide bonds. The van der Waals surface area contributed by atoms with Gasteiger partial charge in [0, 0.05) is 30.3 Å². The number of benzene rings is 1. The number of β-amino-alcohol motifs (C(OH)–C–C–N with tert-alkyl or cyclic N) is 1. The average Bonchev–Trinajstić information content (AvgIpc) is 3.44. The van der Waals surface area contributed by atoms with Crippen LogP contribution in [0.1, 0.15) is 87.8 Å². The quantitative estimate of drug-likeness (QED) is 0.263. The summed E-state index contributed by atoms with van der Waals surface area (Å²) >= 11 is 1.27. The molecule has 0 radical (unpaired) electrons. The number of nitrogens with one attached hydrogen (secondary N) is 3. The van der Waals surface area contributed by atoms with Gasteiger partial charge in [0.25, 0.3) is 5.91 Å². The summed E-state index contributed by atoms with van der Waals surface area (Å²) in [6.07, 6.45) is 5.35. The number of aliphatic hydroxyl groups excluding tert-OH is 1. The molecule has 0 bridgehead atoms. The van der Waals surface area contributed by atoms with E-state index in [-0.39, 0.29) is 24.6 Å². The lowest BCUT2D eigenvalue weighted by molar-refractivity contribution is -0.133. The maximum atomic E-state index is 14.1. The van der Waals surface area contributed by atoms with Gasteiger partial charge in [-0.25, -0.2) is 13.4 Å². The summed E-state index contributed by atoms with van der Waals surface area (Å²) in [6, 6.07) is 6.62. The Hall–Kier alpha value is -2.87. The lowest BCUT2D eigenvalue weighted by atomic mass is 9.72. The first-order valence-electron chi connectivity index (χ1n) is 16.9. The Morgan fingerprint density at radius 1 is 1.04 bits per heavy atom. The molecule has 1 saturated carbocycles. The van der Waals surface area contributed by atoms with Gasteiger partial charge in [-0.15, -0.1) is 11.3 Å². The molecule has 4 rings (SSSR count). The number of hydrogen-bond acceptors (Lipinski definition) is 9. The summed E-state index contributed by atoms with van der Waals surface area (Å²) in [5.41, 5.74) is 0.527. The number of amides is 3. The van der Waals surface area contributed by atoms with E-state index in [4.69, 9.17) is 0 Å². The van der Waals surface area contributed by atoms with E-state index in [1.807, 2.05) is 51.1 Å². The van der Waals surface area contributed by atoms with Crippen LogP contribution in [-0.4, -0.2) is 95.0 Å². The predicted octanol–water partition coefficient (Wildman–Crippen LogP) is 3.26. The zero-order valence-electron chi connectivity index (χ0n) is 29.3. The Morgan fingerprint density at radius 3 is 2.27 bits per heavy atom. The van der Waals surface area contributed by atoms with Crippen molar-refractivity contribution in [3.05, 3.63) is 52.0 Å². The highest BCUT2D eigenvalue weighted by Gasteiger charge is 2.46. The third-order valence-corrected chi connectivity index (χ3v) is 12.8. The van der Waals surface area contributed by atoms with Crippen molar-refractivity contribution in [1.29, 1.82) is 0 Å². The Kier molecular flexibility index (Phi) is 12.1. The molecule has 13 heteroatoms. The first-order valence-corrected chi connectivity index (χ1v) is 19.6. The van der Waals surface area contributed by atoms with Crippen LogP contribution in [-0.2, 0) is 25.8 Å². The van der Waals surface area contributed by atoms with Gasteiger partial charge in [0.2, 0.25) is 11.8 Å². The van der Waals surface area contributed by atoms with Gasteiger partial charge in [-0.2, -0.15) is 0 Å². The van der Waals surface area contributed by atoms with Gasteiger partial charge in [0.1, 0.15) is 11.7 Å². The predicted molar refractivity (Wildman–Crippen MR) is 188 cm³/mol. The minimum Gasteiger partial charge on any atom is -0.390 e. The molecule has 2 fully saturated rings. The molecular formula is C35H53N5O6S2. The largest absolute Gasteiger partial charge is 0.390 e. The number of carbonyl (C=O) groups is 3. The van der Waals surface area contributed by atoms with E-state index in [1.54, 1.807) is 12.3 Å². The second-order valence-electron chi connectivity index (χ2n) is 15.2. The number of hydrogen-bond donors (Lipinski definition) is 4. The van der Waals surface area contributed by atoms with Gasteiger partial charge < -0.3 is 21.1 Å². The second-order valence-corrected chi connectivity index (χ2v) is 18.8. The molecule has 0 spiro atoms. The maximum absolute atomic E-state index is 14.1. The number of aryl methyl sites for hydroxylation is 1. The van der Waals surface area contributed by atoms with E-state index in [0.717, 1.165) is 37.5 Å². The van der Waals surface area contributed by atoms with E-state index in [9.17, 15) is 27.9 Å². The highest BCUT2D eigenvalue weighted by atomic mass is 32.2. The molecule has 2 aromatic rings. The number of aliphatic hydroxyl groups is 1. The highest BCUT2D eigenvalue weighted by molar-refractivity contribution is 7.92. The molecule has 2 heterocycles. The number of thiazole rings is 1. The Balaban J connectivity index is 1.62. The van der Waals surface area contributed by atoms with Gasteiger partial charge >= 0.3 is 0 Å². The Bertz CT molecular complexity index is 1540. The topological polar surface area (TPSA) is 158 Å². The average molecular weight is 704 g/mol. The van der Waals surface area contributed by atoms with Crippen LogP contribution in [0, 0.1) is 18.8 Å². The fourth-order valence-electron chi connectivity index (χ4n) is 6.85. The summed E-state index contributed by atoms with van der Waals surface area (Å²) in [4.78, 5) is 47.2. The number of rotatable bonds is 12. The van der Waals surface area contributed by atoms with Gasteiger partial charge in [-0.3, -0.25) is 19.3 Å². The number of piperidine rings is 1. The molecule has 266 valence electrons. The van der Waals surface area contributed by atoms with Gasteiger partial charge in [0.05, 0.1) is 27.9 Å². The molecule has 1 aliphatic carbocycles. The summed E-state index contributed by atoms with van der Waals surface area (Å²) in [7, 11) is -3.86. The van der Waals surface area contributed by atoms with Crippen LogP contribution in [0.3, 0.4) is 0 Å². The molecule has 1 saturated heterocycles. The molecule has 1 aromatic heterocycles. The van der Waals surface area contributed by atoms with E-state index in [2.05, 4.69) is 25.8 Å². The number of aromatic nitrogens is 1. The van der Waals surface area contributed by atoms with Crippen molar-refractivity contribution in [1.82, 2.24) is 25.8 Å². The zero-order chi connectivity index (χ0) is 35.4. The number of nitrogens with zero attached hydrogens (tertiary/aromatic N) is 2. The molecular weight excluding hydrogens is 651 g/mol. The molecule has 48 heavy (non-hydrogen) atoms. The maximum Gasteiger partial charge on any atom is 0.271 e. The SMILES string of the molecule is Cc1nc(C(=O)NC(C(=O)NC(Cc2ccccc2)C(O)CN2CC3CCCCC3CC2C(=O)NC(C)(C)C)C(C)(C)S(C)(=O)=O)cs1. The monoisotopic (exact) mass is 703 g/mol. The summed E-state index contributed by atoms with van der Waals surface area (Å²) < 4.78 is 24.2. The van der Waals surface area contributed by atoms with E-state index < -0.39 is 56.2 Å². The van der Waals surface area contributed by atoms with Gasteiger partial charge in [0.15, 0.2) is 9.84 Å². The van der Waals surface area contributed by atoms with Gasteiger partial charge in [-0.1, -0.05) is 49.6 Å². The lowest BCUT2D eigenvalue weighted by Gasteiger charge is -2.47. The first kappa shape index (κ1) is 37.9. The van der Waals surface area contributed by atoms with Crippen molar-refractivity contribution in [3.8, 4) is 0 Å². The number of fused-ring (bicyclic) bond motifs is 1. The van der Waals surface area contributed by atoms with Crippen molar-refractivity contribution in [2.45, 2.75) is 115 Å². The van der Waals surface area contributed by atoms with E-state index in [0.29, 0.717) is 29.8 Å². The van der Waals surface area contributed by atoms with E-state index in [1.165, 1.54) is 25.2 Å². The van der Waals surface area contributed by atoms with Crippen LogP contribution in [0.2, 0.25) is 0 Å². The second kappa shape index (κ2) is 15.3. The fraction of sp³-hybridized carbons (Fsp3) is 0.657. The number of sulfone groups is 1. The molecule has 11 nitrogen and oxygen atoms in total. The molecule has 4 N–H and O–H groups in total. The summed E-state index contributed by atoms with van der Waals surface area (Å²) in [6.45, 7) is 11.2. The van der Waals surface area contributed by atoms with Crippen LogP contribution in [0.5, 0.6) is 0 Å². The minimum atomic E-state index is -3.86. The van der Waals surface area contributed by atoms with Crippen LogP contribution >= 0.6 is 11.3 Å². The Labute approximate surface area is 289 Å². The number of likely N-dealkylation sites (tertiary alicyclic amines) is 1. The lowest BCUT2D eigenvalue weighted by Crippen LogP contribution is -2.64. The third kappa shape index (κ3) is 9.64. The van der Waals surface area contributed by atoms with Crippen molar-refractivity contribution >= 4 is 38.9 Å². The zero-order valence-corrected chi connectivity index (χ0v) is 30.9. The van der Waals surface area contributed by atoms with E-state index >= 15 is 0 Å². The number of carbonyl (C=O) groups excluding carboxylic acids is 3. The highest BCUT2D eigenvalue weighted by Crippen LogP contribution is 2.39. The third-order valence-electron chi connectivity index (χ3n) is 9.86. The summed E-state index contributed by atoms with van der Waals surface area (Å²) in [5.74, 6) is -0.599. The van der Waals surface area contributed by atoms with Crippen molar-refractivity contribution in [2.75, 3.05) is 19.3 Å². The van der Waals surface area contributed by atoms with Crippen molar-refractivity contribution in [3.63, 3.8) is 0 Å². The van der Waals surface area contributed by atoms with Crippen LogP contribution in [0.25, 0.3) is 0 Å². The fourth-order valence-corrected chi connectivity index (χ4v) is 8.04. The van der Waals surface area contributed by atoms with Gasteiger partial charge in [-0.05, 0) is 78.2 Å². The van der Waals surface area contributed by atoms with Crippen molar-refractivity contribution < 1.29 is 27.9 Å². The first-order chi connectivity index (χ1) is 22.4. The molecule has 6 unspecified atom stereocenters. The van der Waals surface area contributed by atoms with Crippen LogP contribution < -0.4 is 16.0 Å². The molecule has 1 aliphatic heterocycles. The van der Waals surface area contributed by atoms with Crippen LogP contribution in [0.4, 0.5) is 0 Å². The normalized spacial score (nSPS) is 22.5. The van der Waals surface area contributed by atoms with Crippen molar-refractivity contribution in [2.24, 2.45) is 11.8 Å². The smallest absolute Gasteiger partial charge is 0.271 e. The molecule has 2 aliphatic rings. The molecule has 6 atom stereocenters. The summed E-state index contributed by atoms with van der Waals surface area (Å²) in [5, 5.41) is 22.8. The standard InChI is InChI=1S/C35H53N5O6S2/c1-22-36-27(21-47-22)31(42)38-30(35(5,6)48(7,45)46)33(44)37-26(17-23-13-9-8-10-14-23)29(41)20-40-19-25-16-12-11-15-24(25)18-28(40)32(43)39-34(2,3)4/h8-10,13-14,21,24-26,28-30,41H,11-12,15-20H2,1-7H3,(H,37,44)(H,38,42)(H,39,43). The minimum absolute atomic E-state index is 0.0719. The molecule has 1 aromatic carbocycles.